The number of unbranched alkanes of at least 4 members (excludes halogenated alkanes) is 3. The number of nitrogens with two attached hydrogens (primary N) is 1. The fourth-order valence-electron chi connectivity index (χ4n) is 5.53. The second-order valence-electron chi connectivity index (χ2n) is 14.0. The minimum absolute atomic E-state index is 0.135. The summed E-state index contributed by atoms with van der Waals surface area (Å²) in [6.45, 7) is 36.1. The van der Waals surface area contributed by atoms with E-state index in [2.05, 4.69) is 87.8 Å². The van der Waals surface area contributed by atoms with Crippen LogP contribution in [0.15, 0.2) is 98.9 Å². The molecule has 2 aromatic rings. The average molecular weight is 742 g/mol. The molecule has 1 unspecified atom stereocenters. The van der Waals surface area contributed by atoms with Gasteiger partial charge in [-0.05, 0) is 89.5 Å². The largest absolute Gasteiger partial charge is 0.493 e. The fourth-order valence-corrected chi connectivity index (χ4v) is 5.53. The molecule has 1 atom stereocenters. The van der Waals surface area contributed by atoms with E-state index in [9.17, 15) is 4.79 Å². The number of nitrogens with one attached hydrogen (secondary N) is 3. The summed E-state index contributed by atoms with van der Waals surface area (Å²) in [5, 5.41) is 11.4. The molecule has 9 heteroatoms. The van der Waals surface area contributed by atoms with E-state index in [0.717, 1.165) is 78.5 Å². The van der Waals surface area contributed by atoms with Crippen LogP contribution in [0.25, 0.3) is 10.9 Å². The summed E-state index contributed by atoms with van der Waals surface area (Å²) in [6, 6.07) is 5.23. The van der Waals surface area contributed by atoms with Crippen molar-refractivity contribution in [2.75, 3.05) is 33.0 Å². The molecule has 2 fully saturated rings. The molecule has 9 nitrogen and oxygen atoms in total. The molecular formula is C45H71N7O2. The first-order chi connectivity index (χ1) is 25.9. The molecule has 2 aliphatic rings. The van der Waals surface area contributed by atoms with Crippen molar-refractivity contribution in [2.24, 2.45) is 4.99 Å². The number of hydrogen-bond acceptors (Lipinski definition) is 7. The van der Waals surface area contributed by atoms with Crippen LogP contribution in [0.4, 0.5) is 10.5 Å². The summed E-state index contributed by atoms with van der Waals surface area (Å²) in [5.41, 5.74) is 11.7. The van der Waals surface area contributed by atoms with Crippen LogP contribution >= 0.6 is 0 Å². The number of ether oxygens (including phenoxy) is 1. The number of nitrogens with zero attached hydrogens (tertiary/aromatic N) is 3. The molecule has 0 aliphatic heterocycles. The Balaban J connectivity index is 0.00000168. The van der Waals surface area contributed by atoms with Crippen molar-refractivity contribution < 1.29 is 9.53 Å². The summed E-state index contributed by atoms with van der Waals surface area (Å²) in [7, 11) is 3.58. The maximum absolute atomic E-state index is 13.3. The molecule has 2 aliphatic carbocycles. The number of fused-ring (bicyclic) bond motifs is 1. The SMILES string of the molecule is C=C.C=C.C=CCCCCN(C)C(=O)NC(CCOc1cc(C(/C=C\C)=NC)nc2c(C)c(N)ccc12)C(=C)NC1(C(=C)NC2(C)CC2)CC1.CCCC. The van der Waals surface area contributed by atoms with Gasteiger partial charge in [0.1, 0.15) is 5.75 Å². The van der Waals surface area contributed by atoms with Gasteiger partial charge in [-0.25, -0.2) is 9.78 Å². The van der Waals surface area contributed by atoms with Crippen LogP contribution in [-0.2, 0) is 0 Å². The standard InChI is InChI=1S/C37H53N7O2.C4H10.2C2H4/c1-9-11-12-13-22-44(8)35(45)41-30(26(4)42-37(20-21-37)27(5)43-36(6)18-19-36)17-23-46-33-24-32(31(39-7)14-10-2)40-34-25(3)29(38)16-15-28(33)34;1-3-4-2;2*1-2/h9-10,14-16,24,30,42-43H,1,4-5,11-13,17-23,38H2,2-3,6-8H3,(H,41,45);3-4H2,1-2H3;2*1-2H2/b14-10-,39-31?;;;. The molecule has 0 saturated heterocycles. The zero-order valence-electron chi connectivity index (χ0n) is 34.7. The smallest absolute Gasteiger partial charge is 0.317 e. The van der Waals surface area contributed by atoms with E-state index in [0.29, 0.717) is 36.7 Å². The van der Waals surface area contributed by atoms with Crippen molar-refractivity contribution in [3.8, 4) is 5.75 Å². The fraction of sp³-hybridized carbons (Fsp3) is 0.489. The first kappa shape index (κ1) is 47.2. The summed E-state index contributed by atoms with van der Waals surface area (Å²) < 4.78 is 6.48. The Hall–Kier alpha value is -4.79. The van der Waals surface area contributed by atoms with Crippen molar-refractivity contribution in [3.63, 3.8) is 0 Å². The molecule has 54 heavy (non-hydrogen) atoms. The highest BCUT2D eigenvalue weighted by atomic mass is 16.5. The van der Waals surface area contributed by atoms with Crippen LogP contribution < -0.4 is 26.4 Å². The van der Waals surface area contributed by atoms with E-state index in [-0.39, 0.29) is 23.2 Å². The number of pyridine rings is 1. The van der Waals surface area contributed by atoms with Gasteiger partial charge in [-0.3, -0.25) is 4.99 Å². The zero-order chi connectivity index (χ0) is 40.9. The maximum Gasteiger partial charge on any atom is 0.317 e. The number of allylic oxidation sites excluding steroid dienone is 3. The number of rotatable bonds is 19. The molecule has 0 spiro atoms. The number of urea groups is 1. The lowest BCUT2D eigenvalue weighted by atomic mass is 10.1. The number of aromatic nitrogens is 1. The number of hydrogen-bond donors (Lipinski definition) is 4. The summed E-state index contributed by atoms with van der Waals surface area (Å²) >= 11 is 0. The van der Waals surface area contributed by atoms with Gasteiger partial charge in [0.25, 0.3) is 0 Å². The van der Waals surface area contributed by atoms with E-state index < -0.39 is 0 Å². The number of nitrogen functional groups attached to an aromatic ring is 1. The van der Waals surface area contributed by atoms with Crippen LogP contribution in [0.2, 0.25) is 0 Å². The monoisotopic (exact) mass is 742 g/mol. The number of aliphatic imine (C=N–C) groups is 1. The molecule has 5 N–H and O–H groups in total. The molecule has 1 aromatic heterocycles. The van der Waals surface area contributed by atoms with Crippen molar-refractivity contribution in [1.82, 2.24) is 25.8 Å². The van der Waals surface area contributed by atoms with Crippen molar-refractivity contribution in [2.45, 2.75) is 116 Å². The molecule has 1 heterocycles. The van der Waals surface area contributed by atoms with Gasteiger partial charge in [0, 0.05) is 61.1 Å². The number of benzene rings is 1. The number of aryl methyl sites for hydroxylation is 1. The molecule has 0 bridgehead atoms. The Labute approximate surface area is 327 Å². The van der Waals surface area contributed by atoms with Gasteiger partial charge in [0.2, 0.25) is 0 Å². The van der Waals surface area contributed by atoms with Crippen molar-refractivity contribution in [1.29, 1.82) is 0 Å². The lowest BCUT2D eigenvalue weighted by molar-refractivity contribution is 0.201. The summed E-state index contributed by atoms with van der Waals surface area (Å²) in [5.74, 6) is 0.686. The predicted octanol–water partition coefficient (Wildman–Crippen LogP) is 9.96. The van der Waals surface area contributed by atoms with Crippen LogP contribution in [0.5, 0.6) is 5.75 Å². The normalized spacial score (nSPS) is 15.1. The minimum Gasteiger partial charge on any atom is -0.493 e. The van der Waals surface area contributed by atoms with E-state index in [4.69, 9.17) is 15.5 Å². The average Bonchev–Trinajstić information content (AvgIpc) is 4.12. The predicted molar refractivity (Wildman–Crippen MR) is 235 cm³/mol. The third-order valence-corrected chi connectivity index (χ3v) is 9.63. The van der Waals surface area contributed by atoms with Gasteiger partial charge >= 0.3 is 6.03 Å². The molecule has 0 radical (unpaired) electrons. The minimum atomic E-state index is -0.370. The maximum atomic E-state index is 13.3. The topological polar surface area (TPSA) is 117 Å². The number of carbonyl (C=O) groups is 1. The third-order valence-electron chi connectivity index (χ3n) is 9.63. The summed E-state index contributed by atoms with van der Waals surface area (Å²) in [6.07, 6.45) is 16.0. The zero-order valence-corrected chi connectivity index (χ0v) is 34.7. The van der Waals surface area contributed by atoms with Gasteiger partial charge in [0.15, 0.2) is 0 Å². The Morgan fingerprint density at radius 1 is 1.09 bits per heavy atom. The quantitative estimate of drug-likeness (QED) is 0.0493. The van der Waals surface area contributed by atoms with E-state index in [1.54, 1.807) is 11.9 Å². The lowest BCUT2D eigenvalue weighted by Gasteiger charge is -2.31. The van der Waals surface area contributed by atoms with Crippen molar-refractivity contribution >= 4 is 28.3 Å². The molecule has 4 rings (SSSR count). The van der Waals surface area contributed by atoms with Gasteiger partial charge in [-0.2, -0.15) is 0 Å². The molecular weight excluding hydrogens is 671 g/mol. The second kappa shape index (κ2) is 23.8. The number of anilines is 1. The highest BCUT2D eigenvalue weighted by molar-refractivity contribution is 6.09. The van der Waals surface area contributed by atoms with Crippen LogP contribution in [-0.4, -0.2) is 66.0 Å². The lowest BCUT2D eigenvalue weighted by Crippen LogP contribution is -2.50. The van der Waals surface area contributed by atoms with E-state index in [1.165, 1.54) is 12.8 Å². The highest BCUT2D eigenvalue weighted by Gasteiger charge is 2.49. The summed E-state index contributed by atoms with van der Waals surface area (Å²) in [4.78, 5) is 24.4. The van der Waals surface area contributed by atoms with E-state index >= 15 is 0 Å². The van der Waals surface area contributed by atoms with Crippen LogP contribution in [0, 0.1) is 6.92 Å². The van der Waals surface area contributed by atoms with E-state index in [1.807, 2.05) is 57.3 Å². The number of amides is 2. The first-order valence-electron chi connectivity index (χ1n) is 19.4. The van der Waals surface area contributed by atoms with Crippen LogP contribution in [0.3, 0.4) is 0 Å². The molecule has 2 saturated carbocycles. The van der Waals surface area contributed by atoms with Crippen LogP contribution in [0.1, 0.15) is 103 Å². The Bertz CT molecular complexity index is 1580. The molecule has 1 aromatic carbocycles. The third kappa shape index (κ3) is 14.2. The Kier molecular flexibility index (Phi) is 20.8. The second-order valence-corrected chi connectivity index (χ2v) is 14.0. The Morgan fingerprint density at radius 3 is 2.28 bits per heavy atom. The van der Waals surface area contributed by atoms with Gasteiger partial charge in [0.05, 0.1) is 35.1 Å². The van der Waals surface area contributed by atoms with Crippen molar-refractivity contribution in [3.05, 3.63) is 105 Å². The molecule has 2 amide bonds. The van der Waals surface area contributed by atoms with Gasteiger partial charge in [-0.1, -0.05) is 52.0 Å². The number of carbonyl (C=O) groups excluding carboxylic acids is 1. The Morgan fingerprint density at radius 2 is 1.74 bits per heavy atom. The van der Waals surface area contributed by atoms with Gasteiger partial charge < -0.3 is 31.3 Å². The molecule has 298 valence electrons. The first-order valence-corrected chi connectivity index (χ1v) is 19.4. The van der Waals surface area contributed by atoms with Gasteiger partial charge in [-0.15, -0.1) is 32.9 Å². The highest BCUT2D eigenvalue weighted by Crippen LogP contribution is 2.45.